The molecule has 0 bridgehead atoms. The molecule has 1 aliphatic heterocycles. The van der Waals surface area contributed by atoms with Gasteiger partial charge in [-0.2, -0.15) is 18.4 Å². The standard InChI is InChI=1S/C29H25F4N5O2/c1-18(30)24-14-19(16-34)15-25-27(24)40-28(36-25)20-2-6-22(7-3-20)35-26(39)17-37-10-12-38(13-11-37)23-8-4-21(5-9-23)29(31,32)33/h2-9,14-15,18H,10-13,17H2,1H3,(H,35,39). The zero-order chi connectivity index (χ0) is 28.4. The Labute approximate surface area is 227 Å². The van der Waals surface area contributed by atoms with Gasteiger partial charge in [-0.1, -0.05) is 0 Å². The van der Waals surface area contributed by atoms with Crippen LogP contribution < -0.4 is 10.2 Å². The number of fused-ring (bicyclic) bond motifs is 1. The monoisotopic (exact) mass is 551 g/mol. The Hall–Kier alpha value is -4.43. The van der Waals surface area contributed by atoms with Gasteiger partial charge in [-0.05, 0) is 67.6 Å². The summed E-state index contributed by atoms with van der Waals surface area (Å²) in [5.74, 6) is 0.0824. The summed E-state index contributed by atoms with van der Waals surface area (Å²) < 4.78 is 58.3. The number of carbonyl (C=O) groups is 1. The molecule has 0 aliphatic carbocycles. The Bertz CT molecular complexity index is 1550. The largest absolute Gasteiger partial charge is 0.436 e. The fourth-order valence-electron chi connectivity index (χ4n) is 4.67. The lowest BCUT2D eigenvalue weighted by molar-refractivity contribution is -0.137. The van der Waals surface area contributed by atoms with Gasteiger partial charge in [0, 0.05) is 48.7 Å². The maximum atomic E-state index is 14.1. The van der Waals surface area contributed by atoms with Crippen molar-refractivity contribution in [2.45, 2.75) is 19.3 Å². The molecule has 40 heavy (non-hydrogen) atoms. The van der Waals surface area contributed by atoms with Crippen LogP contribution in [0.2, 0.25) is 0 Å². The van der Waals surface area contributed by atoms with E-state index < -0.39 is 17.9 Å². The number of nitriles is 1. The highest BCUT2D eigenvalue weighted by Crippen LogP contribution is 2.33. The number of hydrogen-bond acceptors (Lipinski definition) is 6. The first kappa shape index (κ1) is 27.1. The summed E-state index contributed by atoms with van der Waals surface area (Å²) in [4.78, 5) is 21.0. The average Bonchev–Trinajstić information content (AvgIpc) is 3.37. The molecule has 1 atom stereocenters. The predicted molar refractivity (Wildman–Crippen MR) is 142 cm³/mol. The number of anilines is 2. The van der Waals surface area contributed by atoms with Crippen molar-refractivity contribution in [3.63, 3.8) is 0 Å². The molecule has 7 nitrogen and oxygen atoms in total. The molecule has 206 valence electrons. The minimum atomic E-state index is -4.36. The van der Waals surface area contributed by atoms with Crippen LogP contribution in [0.4, 0.5) is 28.9 Å². The van der Waals surface area contributed by atoms with Gasteiger partial charge < -0.3 is 14.6 Å². The van der Waals surface area contributed by atoms with Crippen LogP contribution in [0, 0.1) is 11.3 Å². The topological polar surface area (TPSA) is 85.4 Å². The average molecular weight is 552 g/mol. The van der Waals surface area contributed by atoms with Crippen molar-refractivity contribution < 1.29 is 26.8 Å². The van der Waals surface area contributed by atoms with E-state index in [1.165, 1.54) is 25.1 Å². The van der Waals surface area contributed by atoms with Gasteiger partial charge in [0.25, 0.3) is 0 Å². The Morgan fingerprint density at radius 2 is 1.75 bits per heavy atom. The summed E-state index contributed by atoms with van der Waals surface area (Å²) in [5.41, 5.74) is 2.50. The zero-order valence-corrected chi connectivity index (χ0v) is 21.5. The molecule has 1 aromatic heterocycles. The molecule has 1 unspecified atom stereocenters. The summed E-state index contributed by atoms with van der Waals surface area (Å²) >= 11 is 0. The van der Waals surface area contributed by atoms with E-state index in [2.05, 4.69) is 10.3 Å². The molecule has 1 fully saturated rings. The lowest BCUT2D eigenvalue weighted by Gasteiger charge is -2.35. The van der Waals surface area contributed by atoms with Gasteiger partial charge in [0.15, 0.2) is 5.58 Å². The maximum Gasteiger partial charge on any atom is 0.416 e. The van der Waals surface area contributed by atoms with Crippen LogP contribution in [-0.2, 0) is 11.0 Å². The third-order valence-corrected chi connectivity index (χ3v) is 6.79. The molecule has 3 aromatic carbocycles. The summed E-state index contributed by atoms with van der Waals surface area (Å²) in [7, 11) is 0. The van der Waals surface area contributed by atoms with E-state index in [9.17, 15) is 27.6 Å². The SMILES string of the molecule is CC(F)c1cc(C#N)cc2nc(-c3ccc(NC(=O)CN4CCN(c5ccc(C(F)(F)F)cc5)CC4)cc3)oc12. The molecule has 2 heterocycles. The highest BCUT2D eigenvalue weighted by molar-refractivity contribution is 5.92. The Balaban J connectivity index is 1.16. The summed E-state index contributed by atoms with van der Waals surface area (Å²) in [5, 5.41) is 12.1. The van der Waals surface area contributed by atoms with Gasteiger partial charge >= 0.3 is 6.18 Å². The van der Waals surface area contributed by atoms with Crippen LogP contribution in [0.3, 0.4) is 0 Å². The number of amides is 1. The summed E-state index contributed by atoms with van der Waals surface area (Å²) in [6.07, 6.45) is -5.70. The molecular weight excluding hydrogens is 526 g/mol. The van der Waals surface area contributed by atoms with Gasteiger partial charge in [-0.15, -0.1) is 0 Å². The van der Waals surface area contributed by atoms with Crippen LogP contribution in [0.5, 0.6) is 0 Å². The lowest BCUT2D eigenvalue weighted by Crippen LogP contribution is -2.48. The number of aromatic nitrogens is 1. The third kappa shape index (κ3) is 5.92. The second kappa shape index (κ2) is 11.0. The fraction of sp³-hybridized carbons (Fsp3) is 0.276. The molecule has 4 aromatic rings. The van der Waals surface area contributed by atoms with Crippen molar-refractivity contribution in [3.05, 3.63) is 77.4 Å². The third-order valence-electron chi connectivity index (χ3n) is 6.79. The minimum Gasteiger partial charge on any atom is -0.436 e. The number of carbonyl (C=O) groups excluding carboxylic acids is 1. The van der Waals surface area contributed by atoms with Crippen LogP contribution in [0.25, 0.3) is 22.6 Å². The fourth-order valence-corrected chi connectivity index (χ4v) is 4.67. The van der Waals surface area contributed by atoms with Crippen molar-refractivity contribution in [2.24, 2.45) is 0 Å². The first-order valence-electron chi connectivity index (χ1n) is 12.6. The highest BCUT2D eigenvalue weighted by Gasteiger charge is 2.30. The number of alkyl halides is 4. The molecule has 1 aliphatic rings. The summed E-state index contributed by atoms with van der Waals surface area (Å²) in [6.45, 7) is 3.93. The van der Waals surface area contributed by atoms with Gasteiger partial charge in [-0.3, -0.25) is 9.69 Å². The van der Waals surface area contributed by atoms with Crippen LogP contribution in [0.15, 0.2) is 65.1 Å². The van der Waals surface area contributed by atoms with Crippen molar-refractivity contribution >= 4 is 28.4 Å². The number of nitrogens with one attached hydrogen (secondary N) is 1. The molecule has 1 saturated heterocycles. The molecule has 5 rings (SSSR count). The smallest absolute Gasteiger partial charge is 0.416 e. The van der Waals surface area contributed by atoms with Crippen molar-refractivity contribution in [3.8, 4) is 17.5 Å². The Kier molecular flexibility index (Phi) is 7.45. The van der Waals surface area contributed by atoms with E-state index in [1.54, 1.807) is 30.3 Å². The second-order valence-electron chi connectivity index (χ2n) is 9.59. The van der Waals surface area contributed by atoms with Crippen LogP contribution in [0.1, 0.15) is 29.8 Å². The van der Waals surface area contributed by atoms with Gasteiger partial charge in [-0.25, -0.2) is 9.37 Å². The molecular formula is C29H25F4N5O2. The molecule has 11 heteroatoms. The van der Waals surface area contributed by atoms with Crippen molar-refractivity contribution in [1.29, 1.82) is 5.26 Å². The van der Waals surface area contributed by atoms with E-state index in [0.29, 0.717) is 54.1 Å². The number of nitrogens with zero attached hydrogens (tertiary/aromatic N) is 4. The van der Waals surface area contributed by atoms with Crippen molar-refractivity contribution in [1.82, 2.24) is 9.88 Å². The first-order chi connectivity index (χ1) is 19.1. The number of benzene rings is 3. The molecule has 0 spiro atoms. The molecule has 1 amide bonds. The molecule has 1 N–H and O–H groups in total. The molecule has 0 radical (unpaired) electrons. The van der Waals surface area contributed by atoms with E-state index in [-0.39, 0.29) is 23.9 Å². The maximum absolute atomic E-state index is 14.1. The Morgan fingerprint density at radius 1 is 1.07 bits per heavy atom. The quantitative estimate of drug-likeness (QED) is 0.288. The molecule has 0 saturated carbocycles. The van der Waals surface area contributed by atoms with E-state index in [0.717, 1.165) is 17.8 Å². The van der Waals surface area contributed by atoms with Gasteiger partial charge in [0.2, 0.25) is 11.8 Å². The predicted octanol–water partition coefficient (Wildman–Crippen LogP) is 6.18. The van der Waals surface area contributed by atoms with E-state index >= 15 is 0 Å². The van der Waals surface area contributed by atoms with Crippen molar-refractivity contribution in [2.75, 3.05) is 42.9 Å². The first-order valence-corrected chi connectivity index (χ1v) is 12.6. The van der Waals surface area contributed by atoms with Crippen LogP contribution >= 0.6 is 0 Å². The number of hydrogen-bond donors (Lipinski definition) is 1. The second-order valence-corrected chi connectivity index (χ2v) is 9.59. The summed E-state index contributed by atoms with van der Waals surface area (Å²) in [6, 6.07) is 17.0. The van der Waals surface area contributed by atoms with Crippen LogP contribution in [-0.4, -0.2) is 48.5 Å². The normalized spacial score (nSPS) is 15.2. The number of halogens is 4. The zero-order valence-electron chi connectivity index (χ0n) is 21.5. The number of oxazole rings is 1. The highest BCUT2D eigenvalue weighted by atomic mass is 19.4. The number of rotatable bonds is 6. The Morgan fingerprint density at radius 3 is 2.35 bits per heavy atom. The van der Waals surface area contributed by atoms with E-state index in [4.69, 9.17) is 4.42 Å². The van der Waals surface area contributed by atoms with Gasteiger partial charge in [0.05, 0.1) is 23.7 Å². The number of piperazine rings is 1. The minimum absolute atomic E-state index is 0.180. The van der Waals surface area contributed by atoms with E-state index in [1.807, 2.05) is 15.9 Å². The van der Waals surface area contributed by atoms with Gasteiger partial charge in [0.1, 0.15) is 11.7 Å². The lowest BCUT2D eigenvalue weighted by atomic mass is 10.1.